The molecule has 0 N–H and O–H groups in total. The molecule has 0 unspecified atom stereocenters. The summed E-state index contributed by atoms with van der Waals surface area (Å²) in [6.07, 6.45) is 24.3. The largest absolute Gasteiger partial charge is 0.111 e. The van der Waals surface area contributed by atoms with Crippen LogP contribution in [0.15, 0.2) is 70.5 Å². The number of hydrogen-bond donors (Lipinski definition) is 0. The van der Waals surface area contributed by atoms with E-state index in [0.29, 0.717) is 4.58 Å². The van der Waals surface area contributed by atoms with Crippen LogP contribution in [0.5, 0.6) is 0 Å². The molecule has 0 saturated carbocycles. The Labute approximate surface area is 214 Å². The van der Waals surface area contributed by atoms with Crippen molar-refractivity contribution in [2.75, 3.05) is 0 Å². The van der Waals surface area contributed by atoms with Crippen molar-refractivity contribution < 1.29 is 0 Å². The summed E-state index contributed by atoms with van der Waals surface area (Å²) in [6.45, 7) is 2.30. The van der Waals surface area contributed by atoms with Crippen molar-refractivity contribution in [3.63, 3.8) is 0 Å². The molecular weight excluding hydrogens is 436 g/mol. The van der Waals surface area contributed by atoms with Crippen LogP contribution < -0.4 is 0 Å². The molecule has 0 heterocycles. The molecule has 0 bridgehead atoms. The number of unbranched alkanes of at least 4 members (excludes halogenated alkanes) is 15. The Bertz CT molecular complexity index is 614. The van der Waals surface area contributed by atoms with Gasteiger partial charge >= 0.3 is 0 Å². The fourth-order valence-corrected chi connectivity index (χ4v) is 6.97. The van der Waals surface area contributed by atoms with Crippen molar-refractivity contribution in [1.82, 2.24) is 0 Å². The van der Waals surface area contributed by atoms with Crippen molar-refractivity contribution in [2.24, 2.45) is 0 Å². The van der Waals surface area contributed by atoms with Crippen molar-refractivity contribution in [2.45, 2.75) is 130 Å². The molecule has 0 amide bonds. The third-order valence-corrected chi connectivity index (χ3v) is 8.98. The molecule has 2 rings (SSSR count). The Morgan fingerprint density at radius 1 is 0.455 bits per heavy atom. The molecule has 0 atom stereocenters. The summed E-state index contributed by atoms with van der Waals surface area (Å²) < 4.78 is 0.599. The average Bonchev–Trinajstić information content (AvgIpc) is 2.85. The molecule has 0 aliphatic rings. The summed E-state index contributed by atoms with van der Waals surface area (Å²) in [7, 11) is 0. The van der Waals surface area contributed by atoms with E-state index in [0.717, 1.165) is 0 Å². The minimum Gasteiger partial charge on any atom is -0.111 e. The molecule has 0 aromatic heterocycles. The lowest BCUT2D eigenvalue weighted by atomic mass is 10.0. The van der Waals surface area contributed by atoms with Crippen LogP contribution in [0.25, 0.3) is 0 Å². The smallest absolute Gasteiger partial charge is 0.0596 e. The highest BCUT2D eigenvalue weighted by molar-refractivity contribution is 8.17. The van der Waals surface area contributed by atoms with Gasteiger partial charge in [0.2, 0.25) is 0 Å². The first-order chi connectivity index (χ1) is 16.4. The van der Waals surface area contributed by atoms with E-state index in [1.54, 1.807) is 0 Å². The monoisotopic (exact) mass is 484 g/mol. The normalized spacial score (nSPS) is 11.3. The molecule has 2 aromatic carbocycles. The lowest BCUT2D eigenvalue weighted by Crippen LogP contribution is -1.97. The topological polar surface area (TPSA) is 0 Å². The van der Waals surface area contributed by atoms with E-state index in [1.807, 2.05) is 23.5 Å². The zero-order chi connectivity index (χ0) is 23.2. The quantitative estimate of drug-likeness (QED) is 0.0981. The first-order valence-corrected chi connectivity index (χ1v) is 15.6. The van der Waals surface area contributed by atoms with Crippen molar-refractivity contribution in [3.8, 4) is 0 Å². The fraction of sp³-hybridized carbons (Fsp3) is 0.613. The predicted molar refractivity (Wildman–Crippen MR) is 153 cm³/mol. The lowest BCUT2D eigenvalue weighted by molar-refractivity contribution is 0.528. The summed E-state index contributed by atoms with van der Waals surface area (Å²) in [5.74, 6) is 0. The van der Waals surface area contributed by atoms with Gasteiger partial charge in [-0.2, -0.15) is 0 Å². The Kier molecular flexibility index (Phi) is 17.6. The maximum Gasteiger partial charge on any atom is 0.0596 e. The van der Waals surface area contributed by atoms with E-state index in [1.165, 1.54) is 119 Å². The molecular formula is C31H48S2. The van der Waals surface area contributed by atoms with Crippen LogP contribution in [-0.2, 0) is 0 Å². The van der Waals surface area contributed by atoms with Gasteiger partial charge < -0.3 is 0 Å². The molecule has 2 aromatic rings. The number of thioether (sulfide) groups is 2. The summed E-state index contributed by atoms with van der Waals surface area (Å²) in [4.78, 5) is 2.78. The molecule has 0 aliphatic carbocycles. The lowest BCUT2D eigenvalue weighted by Gasteiger charge is -2.16. The van der Waals surface area contributed by atoms with Gasteiger partial charge in [-0.3, -0.25) is 0 Å². The van der Waals surface area contributed by atoms with Gasteiger partial charge in [-0.05, 0) is 30.7 Å². The highest BCUT2D eigenvalue weighted by Gasteiger charge is 2.12. The van der Waals surface area contributed by atoms with E-state index in [-0.39, 0.29) is 0 Å². The average molecular weight is 485 g/mol. The summed E-state index contributed by atoms with van der Waals surface area (Å²) in [6, 6.07) is 21.8. The predicted octanol–water partition coefficient (Wildman–Crippen LogP) is 11.5. The van der Waals surface area contributed by atoms with Crippen molar-refractivity contribution in [1.29, 1.82) is 0 Å². The van der Waals surface area contributed by atoms with E-state index in [9.17, 15) is 0 Å². The molecule has 0 fully saturated rings. The highest BCUT2D eigenvalue weighted by Crippen LogP contribution is 2.38. The molecule has 0 nitrogen and oxygen atoms in total. The van der Waals surface area contributed by atoms with E-state index < -0.39 is 0 Å². The van der Waals surface area contributed by atoms with Crippen LogP contribution in [0.3, 0.4) is 0 Å². The summed E-state index contributed by atoms with van der Waals surface area (Å²) in [5.41, 5.74) is 0. The Hall–Kier alpha value is -0.860. The van der Waals surface area contributed by atoms with E-state index in [4.69, 9.17) is 0 Å². The van der Waals surface area contributed by atoms with Gasteiger partial charge in [0, 0.05) is 9.79 Å². The summed E-state index contributed by atoms with van der Waals surface area (Å²) >= 11 is 4.07. The minimum atomic E-state index is 0.599. The van der Waals surface area contributed by atoms with Crippen LogP contribution in [0, 0.1) is 0 Å². The van der Waals surface area contributed by atoms with Crippen LogP contribution >= 0.6 is 23.5 Å². The Balaban J connectivity index is 1.47. The molecule has 0 aliphatic heterocycles. The zero-order valence-corrected chi connectivity index (χ0v) is 22.8. The second kappa shape index (κ2) is 20.5. The van der Waals surface area contributed by atoms with Crippen LogP contribution in [0.2, 0.25) is 0 Å². The molecule has 33 heavy (non-hydrogen) atoms. The first kappa shape index (κ1) is 28.4. The van der Waals surface area contributed by atoms with E-state index in [2.05, 4.69) is 67.6 Å². The number of rotatable bonds is 21. The van der Waals surface area contributed by atoms with Crippen molar-refractivity contribution in [3.05, 3.63) is 60.7 Å². The van der Waals surface area contributed by atoms with Gasteiger partial charge in [-0.25, -0.2) is 0 Å². The van der Waals surface area contributed by atoms with Gasteiger partial charge in [-0.15, -0.1) is 23.5 Å². The van der Waals surface area contributed by atoms with Gasteiger partial charge in [0.05, 0.1) is 4.58 Å². The van der Waals surface area contributed by atoms with Gasteiger partial charge in [-0.1, -0.05) is 146 Å². The van der Waals surface area contributed by atoms with Crippen molar-refractivity contribution >= 4 is 23.5 Å². The summed E-state index contributed by atoms with van der Waals surface area (Å²) in [5, 5.41) is 0. The number of benzene rings is 2. The Morgan fingerprint density at radius 3 is 1.15 bits per heavy atom. The Morgan fingerprint density at radius 2 is 0.788 bits per heavy atom. The second-order valence-corrected chi connectivity index (χ2v) is 12.2. The maximum absolute atomic E-state index is 2.30. The minimum absolute atomic E-state index is 0.599. The second-order valence-electron chi connectivity index (χ2n) is 9.38. The first-order valence-electron chi connectivity index (χ1n) is 13.8. The van der Waals surface area contributed by atoms with Gasteiger partial charge in [0.15, 0.2) is 0 Å². The number of hydrogen-bond acceptors (Lipinski definition) is 2. The molecule has 0 radical (unpaired) electrons. The molecule has 2 heteroatoms. The third-order valence-electron chi connectivity index (χ3n) is 6.31. The van der Waals surface area contributed by atoms with E-state index >= 15 is 0 Å². The maximum atomic E-state index is 2.30. The molecule has 184 valence electrons. The van der Waals surface area contributed by atoms with Gasteiger partial charge in [0.1, 0.15) is 0 Å². The standard InChI is InChI=1S/C31H48S2/c1-2-3-4-5-6-7-8-9-10-11-12-13-14-15-16-23-28-31(32-29-24-19-17-20-25-29)33-30-26-21-18-22-27-30/h17-22,24-27,31H,2-16,23,28H2,1H3. The third kappa shape index (κ3) is 15.6. The van der Waals surface area contributed by atoms with Gasteiger partial charge in [0.25, 0.3) is 0 Å². The highest BCUT2D eigenvalue weighted by atomic mass is 32.2. The zero-order valence-electron chi connectivity index (χ0n) is 21.2. The van der Waals surface area contributed by atoms with Crippen LogP contribution in [-0.4, -0.2) is 4.58 Å². The van der Waals surface area contributed by atoms with Crippen LogP contribution in [0.4, 0.5) is 0 Å². The molecule has 0 saturated heterocycles. The SMILES string of the molecule is CCCCCCCCCCCCCCCCCCC(Sc1ccccc1)Sc1ccccc1. The van der Waals surface area contributed by atoms with Crippen LogP contribution in [0.1, 0.15) is 116 Å². The molecule has 0 spiro atoms. The fourth-order valence-electron chi connectivity index (χ4n) is 4.30.